The van der Waals surface area contributed by atoms with E-state index in [2.05, 4.69) is 22.9 Å². The lowest BCUT2D eigenvalue weighted by atomic mass is 9.95. The van der Waals surface area contributed by atoms with Crippen LogP contribution in [0.1, 0.15) is 57.6 Å². The molecule has 0 saturated carbocycles. The summed E-state index contributed by atoms with van der Waals surface area (Å²) in [5.74, 6) is -2.03. The van der Waals surface area contributed by atoms with Gasteiger partial charge in [-0.05, 0) is 30.4 Å². The summed E-state index contributed by atoms with van der Waals surface area (Å²) in [4.78, 5) is 52.8. The van der Waals surface area contributed by atoms with Gasteiger partial charge in [-0.3, -0.25) is 14.4 Å². The van der Waals surface area contributed by atoms with Gasteiger partial charge in [0.25, 0.3) is 0 Å². The van der Waals surface area contributed by atoms with Gasteiger partial charge in [0, 0.05) is 12.8 Å². The monoisotopic (exact) mass is 521 g/mol. The maximum atomic E-state index is 13.4. The first-order chi connectivity index (χ1) is 18.3. The van der Waals surface area contributed by atoms with Gasteiger partial charge >= 0.3 is 5.97 Å². The topological polar surface area (TPSA) is 114 Å². The fraction of sp³-hybridized carbons (Fsp3) is 0.467. The number of unbranched alkanes of at least 4 members (excludes halogenated alkanes) is 1. The van der Waals surface area contributed by atoms with Crippen LogP contribution in [-0.2, 0) is 36.8 Å². The fourth-order valence-electron chi connectivity index (χ4n) is 4.52. The third kappa shape index (κ3) is 8.71. The Bertz CT molecular complexity index is 1080. The van der Waals surface area contributed by atoms with Crippen molar-refractivity contribution in [2.75, 3.05) is 0 Å². The van der Waals surface area contributed by atoms with Crippen LogP contribution in [0.5, 0.6) is 0 Å². The zero-order chi connectivity index (χ0) is 27.5. The molecule has 0 radical (unpaired) electrons. The van der Waals surface area contributed by atoms with Gasteiger partial charge in [-0.15, -0.1) is 0 Å². The Morgan fingerprint density at radius 3 is 1.97 bits per heavy atom. The van der Waals surface area contributed by atoms with Gasteiger partial charge in [-0.25, -0.2) is 4.79 Å². The molecule has 0 aromatic heterocycles. The standard InChI is InChI=1S/C30H39N3O5/c1-4-5-12-20(2)26-19-27(34)32-24(17-22-13-8-6-9-14-22)29(36)31-21(3)28(35)33-25(30(37)38-26)18-23-15-10-7-11-16-23/h6-11,13-16,20-21,24-26H,4-5,12,17-19H2,1-3H3,(H,31,36)(H,32,34)(H,33,35)/t20-,21+,24-,25+,26-/m0/s1. The van der Waals surface area contributed by atoms with Crippen LogP contribution in [0.15, 0.2) is 60.7 Å². The normalized spacial score (nSPS) is 24.0. The van der Waals surface area contributed by atoms with Crippen LogP contribution >= 0.6 is 0 Å². The van der Waals surface area contributed by atoms with Crippen LogP contribution < -0.4 is 16.0 Å². The molecule has 1 heterocycles. The fourth-order valence-corrected chi connectivity index (χ4v) is 4.52. The van der Waals surface area contributed by atoms with Crippen molar-refractivity contribution in [1.82, 2.24) is 16.0 Å². The Hall–Kier alpha value is -3.68. The number of hydrogen-bond acceptors (Lipinski definition) is 5. The first-order valence-electron chi connectivity index (χ1n) is 13.4. The number of cyclic esters (lactones) is 1. The highest BCUT2D eigenvalue weighted by atomic mass is 16.5. The molecule has 0 bridgehead atoms. The Morgan fingerprint density at radius 2 is 1.39 bits per heavy atom. The van der Waals surface area contributed by atoms with Crippen LogP contribution in [0.3, 0.4) is 0 Å². The Labute approximate surface area is 224 Å². The van der Waals surface area contributed by atoms with Gasteiger partial charge < -0.3 is 20.7 Å². The minimum atomic E-state index is -0.964. The largest absolute Gasteiger partial charge is 0.460 e. The summed E-state index contributed by atoms with van der Waals surface area (Å²) in [6.07, 6.45) is 2.41. The Balaban J connectivity index is 1.90. The first-order valence-corrected chi connectivity index (χ1v) is 13.4. The average Bonchev–Trinajstić information content (AvgIpc) is 2.91. The number of hydrogen-bond donors (Lipinski definition) is 3. The first kappa shape index (κ1) is 28.9. The summed E-state index contributed by atoms with van der Waals surface area (Å²) in [6.45, 7) is 5.59. The Morgan fingerprint density at radius 1 is 0.816 bits per heavy atom. The lowest BCUT2D eigenvalue weighted by Crippen LogP contribution is -2.55. The van der Waals surface area contributed by atoms with Crippen molar-refractivity contribution < 1.29 is 23.9 Å². The van der Waals surface area contributed by atoms with Crippen LogP contribution in [0.2, 0.25) is 0 Å². The third-order valence-corrected chi connectivity index (χ3v) is 6.87. The van der Waals surface area contributed by atoms with Crippen LogP contribution in [-0.4, -0.2) is 47.9 Å². The third-order valence-electron chi connectivity index (χ3n) is 6.87. The minimum Gasteiger partial charge on any atom is -0.460 e. The Kier molecular flexibility index (Phi) is 10.9. The summed E-state index contributed by atoms with van der Waals surface area (Å²) < 4.78 is 5.92. The molecule has 1 saturated heterocycles. The van der Waals surface area contributed by atoms with Crippen molar-refractivity contribution >= 4 is 23.7 Å². The summed E-state index contributed by atoms with van der Waals surface area (Å²) in [6, 6.07) is 15.9. The van der Waals surface area contributed by atoms with Crippen LogP contribution in [0.25, 0.3) is 0 Å². The molecule has 38 heavy (non-hydrogen) atoms. The van der Waals surface area contributed by atoms with E-state index in [4.69, 9.17) is 4.74 Å². The van der Waals surface area contributed by atoms with Gasteiger partial charge in [-0.2, -0.15) is 0 Å². The molecule has 204 valence electrons. The molecule has 3 rings (SSSR count). The highest BCUT2D eigenvalue weighted by Crippen LogP contribution is 2.20. The summed E-state index contributed by atoms with van der Waals surface area (Å²) in [5, 5.41) is 8.29. The van der Waals surface area contributed by atoms with Crippen molar-refractivity contribution in [3.05, 3.63) is 71.8 Å². The number of amides is 3. The highest BCUT2D eigenvalue weighted by Gasteiger charge is 2.33. The van der Waals surface area contributed by atoms with Crippen LogP contribution in [0.4, 0.5) is 0 Å². The van der Waals surface area contributed by atoms with E-state index in [0.717, 1.165) is 30.4 Å². The number of benzene rings is 2. The number of ether oxygens (including phenoxy) is 1. The van der Waals surface area contributed by atoms with E-state index >= 15 is 0 Å². The average molecular weight is 522 g/mol. The molecule has 5 atom stereocenters. The lowest BCUT2D eigenvalue weighted by molar-refractivity contribution is -0.157. The van der Waals surface area contributed by atoms with E-state index in [0.29, 0.717) is 0 Å². The molecule has 0 spiro atoms. The number of carbonyl (C=O) groups is 4. The number of esters is 1. The lowest BCUT2D eigenvalue weighted by Gasteiger charge is -2.27. The molecule has 8 heteroatoms. The molecule has 8 nitrogen and oxygen atoms in total. The smallest absolute Gasteiger partial charge is 0.329 e. The van der Waals surface area contributed by atoms with E-state index in [1.54, 1.807) is 6.92 Å². The number of rotatable bonds is 8. The van der Waals surface area contributed by atoms with Gasteiger partial charge in [0.1, 0.15) is 24.2 Å². The van der Waals surface area contributed by atoms with Crippen molar-refractivity contribution in [3.8, 4) is 0 Å². The number of nitrogens with one attached hydrogen (secondary N) is 3. The van der Waals surface area contributed by atoms with E-state index < -0.39 is 42.0 Å². The van der Waals surface area contributed by atoms with E-state index in [1.807, 2.05) is 67.6 Å². The second-order valence-corrected chi connectivity index (χ2v) is 10.1. The summed E-state index contributed by atoms with van der Waals surface area (Å²) >= 11 is 0. The second kappa shape index (κ2) is 14.3. The molecule has 0 aliphatic carbocycles. The maximum Gasteiger partial charge on any atom is 0.329 e. The maximum absolute atomic E-state index is 13.4. The summed E-state index contributed by atoms with van der Waals surface area (Å²) in [7, 11) is 0. The molecular weight excluding hydrogens is 482 g/mol. The highest BCUT2D eigenvalue weighted by molar-refractivity contribution is 5.94. The predicted octanol–water partition coefficient (Wildman–Crippen LogP) is 3.09. The minimum absolute atomic E-state index is 0.0727. The SMILES string of the molecule is CCCC[C@H](C)[C@@H]1CC(=O)N[C@@H](Cc2ccccc2)C(=O)N[C@H](C)C(=O)N[C@H](Cc2ccccc2)C(=O)O1. The van der Waals surface area contributed by atoms with Gasteiger partial charge in [0.2, 0.25) is 17.7 Å². The van der Waals surface area contributed by atoms with Crippen molar-refractivity contribution in [1.29, 1.82) is 0 Å². The van der Waals surface area contributed by atoms with E-state index in [-0.39, 0.29) is 31.1 Å². The van der Waals surface area contributed by atoms with Crippen LogP contribution in [0, 0.1) is 5.92 Å². The van der Waals surface area contributed by atoms with Crippen molar-refractivity contribution in [2.24, 2.45) is 5.92 Å². The van der Waals surface area contributed by atoms with E-state index in [9.17, 15) is 19.2 Å². The molecule has 1 fully saturated rings. The van der Waals surface area contributed by atoms with Crippen molar-refractivity contribution in [3.63, 3.8) is 0 Å². The molecule has 2 aromatic carbocycles. The zero-order valence-electron chi connectivity index (χ0n) is 22.4. The molecule has 3 N–H and O–H groups in total. The van der Waals surface area contributed by atoms with Gasteiger partial charge in [0.05, 0.1) is 6.42 Å². The molecule has 3 amide bonds. The zero-order valence-corrected chi connectivity index (χ0v) is 22.4. The molecule has 1 aliphatic heterocycles. The van der Waals surface area contributed by atoms with E-state index in [1.165, 1.54) is 0 Å². The quantitative estimate of drug-likeness (QED) is 0.462. The van der Waals surface area contributed by atoms with Crippen molar-refractivity contribution in [2.45, 2.75) is 83.5 Å². The summed E-state index contributed by atoms with van der Waals surface area (Å²) in [5.41, 5.74) is 1.73. The predicted molar refractivity (Wildman–Crippen MR) is 145 cm³/mol. The molecule has 2 aromatic rings. The van der Waals surface area contributed by atoms with Gasteiger partial charge in [0.15, 0.2) is 0 Å². The number of carbonyl (C=O) groups excluding carboxylic acids is 4. The second-order valence-electron chi connectivity index (χ2n) is 10.1. The molecular formula is C30H39N3O5. The molecule has 0 unspecified atom stereocenters. The molecule has 1 aliphatic rings. The van der Waals surface area contributed by atoms with Gasteiger partial charge in [-0.1, -0.05) is 87.4 Å².